The van der Waals surface area contributed by atoms with Crippen molar-refractivity contribution in [3.8, 4) is 0 Å². The average molecular weight is 364 g/mol. The molecule has 3 aromatic rings. The summed E-state index contributed by atoms with van der Waals surface area (Å²) in [4.78, 5) is 0. The third-order valence-electron chi connectivity index (χ3n) is 1.78. The molecule has 6 heteroatoms. The Morgan fingerprint density at radius 2 is 0.591 bits per heavy atom. The Hall–Kier alpha value is -1.91. The van der Waals surface area contributed by atoms with E-state index in [0.29, 0.717) is 0 Å². The van der Waals surface area contributed by atoms with Crippen molar-refractivity contribution in [1.29, 1.82) is 0 Å². The SMILES string of the molecule is F.F.F.F.F.[Fe].[cH-]1[cH-][cH-][cH-][cH-]1.c1cc[cH-]c1.c1ccccc1. The Morgan fingerprint density at radius 3 is 0.727 bits per heavy atom. The van der Waals surface area contributed by atoms with Gasteiger partial charge in [0.25, 0.3) is 0 Å². The van der Waals surface area contributed by atoms with E-state index in [0.717, 1.165) is 0 Å². The number of hydrogen-bond donors (Lipinski definition) is 0. The quantitative estimate of drug-likeness (QED) is 0.290. The van der Waals surface area contributed by atoms with Crippen molar-refractivity contribution < 1.29 is 40.6 Å². The van der Waals surface area contributed by atoms with Gasteiger partial charge in [0.2, 0.25) is 0 Å². The predicted octanol–water partition coefficient (Wildman–Crippen LogP) is 5.26. The maximum absolute atomic E-state index is 2.00. The van der Waals surface area contributed by atoms with E-state index >= 15 is 0 Å². The molecule has 0 amide bonds. The van der Waals surface area contributed by atoms with Crippen molar-refractivity contribution in [2.45, 2.75) is 0 Å². The smallest absolute Gasteiger partial charge is 0 e. The van der Waals surface area contributed by atoms with E-state index in [1.165, 1.54) is 0 Å². The Labute approximate surface area is 138 Å². The third-order valence-corrected chi connectivity index (χ3v) is 1.78. The van der Waals surface area contributed by atoms with E-state index in [-0.39, 0.29) is 40.6 Å². The summed E-state index contributed by atoms with van der Waals surface area (Å²) in [5.41, 5.74) is 0. The van der Waals surface area contributed by atoms with E-state index < -0.39 is 0 Å². The van der Waals surface area contributed by atoms with Gasteiger partial charge < -0.3 is 30.3 Å². The maximum atomic E-state index is 2.00. The van der Waals surface area contributed by atoms with Crippen molar-refractivity contribution in [2.24, 2.45) is 0 Å². The molecule has 0 saturated heterocycles. The fraction of sp³-hybridized carbons (Fsp3) is 0. The standard InChI is InChI=1S/C6H6.2C5H5.5FH.Fe/c1-2-4-6-5-3-1;2*1-2-4-5-3-1;;;;;;/h1-6H;2*1-5H;5*1H;/q;-5;-1;;;;;;. The van der Waals surface area contributed by atoms with Crippen LogP contribution in [0.25, 0.3) is 0 Å². The van der Waals surface area contributed by atoms with E-state index in [1.54, 1.807) is 0 Å². The van der Waals surface area contributed by atoms with Gasteiger partial charge in [-0.3, -0.25) is 23.5 Å². The van der Waals surface area contributed by atoms with E-state index in [4.69, 9.17) is 0 Å². The maximum Gasteiger partial charge on any atom is 0 e. The zero-order valence-corrected chi connectivity index (χ0v) is 12.7. The molecule has 0 aliphatic rings. The zero-order valence-electron chi connectivity index (χ0n) is 11.6. The molecule has 0 radical (unpaired) electrons. The monoisotopic (exact) mass is 364 g/mol. The van der Waals surface area contributed by atoms with Gasteiger partial charge in [-0.05, 0) is 0 Å². The van der Waals surface area contributed by atoms with E-state index in [2.05, 4.69) is 0 Å². The first-order valence-corrected chi connectivity index (χ1v) is 5.33. The van der Waals surface area contributed by atoms with Crippen LogP contribution in [0.5, 0.6) is 0 Å². The van der Waals surface area contributed by atoms with Gasteiger partial charge in [0, 0.05) is 17.1 Å². The molecule has 0 atom stereocenters. The van der Waals surface area contributed by atoms with Crippen LogP contribution in [0.15, 0.2) is 97.1 Å². The zero-order chi connectivity index (χ0) is 11.3. The van der Waals surface area contributed by atoms with E-state index in [1.807, 2.05) is 97.1 Å². The molecular formula is C16H21F5Fe-6. The molecule has 3 rings (SSSR count). The summed E-state index contributed by atoms with van der Waals surface area (Å²) in [6.45, 7) is 0. The third kappa shape index (κ3) is 26.6. The van der Waals surface area contributed by atoms with Crippen molar-refractivity contribution in [2.75, 3.05) is 0 Å². The number of halogens is 5. The first-order valence-electron chi connectivity index (χ1n) is 5.33. The summed E-state index contributed by atoms with van der Waals surface area (Å²) >= 11 is 0. The van der Waals surface area contributed by atoms with Crippen molar-refractivity contribution in [1.82, 2.24) is 0 Å². The van der Waals surface area contributed by atoms with Crippen LogP contribution in [0.3, 0.4) is 0 Å². The van der Waals surface area contributed by atoms with Gasteiger partial charge in [-0.1, -0.05) is 36.4 Å². The largest absolute Gasteiger partial charge is 0.748 e. The Morgan fingerprint density at radius 1 is 0.364 bits per heavy atom. The minimum absolute atomic E-state index is 0. The molecular weight excluding hydrogens is 343 g/mol. The molecule has 3 aromatic carbocycles. The molecule has 0 unspecified atom stereocenters. The van der Waals surface area contributed by atoms with Gasteiger partial charge in [-0.2, -0.15) is 18.2 Å². The van der Waals surface area contributed by atoms with Gasteiger partial charge in [-0.15, -0.1) is 0 Å². The molecule has 0 bridgehead atoms. The Kier molecular flexibility index (Phi) is 52.7. The van der Waals surface area contributed by atoms with Crippen molar-refractivity contribution in [3.63, 3.8) is 0 Å². The topological polar surface area (TPSA) is 0 Å². The summed E-state index contributed by atoms with van der Waals surface area (Å²) in [5.74, 6) is 0. The summed E-state index contributed by atoms with van der Waals surface area (Å²) in [5, 5.41) is 0. The van der Waals surface area contributed by atoms with Crippen LogP contribution in [-0.4, -0.2) is 0 Å². The summed E-state index contributed by atoms with van der Waals surface area (Å²) in [6.07, 6.45) is 0. The minimum atomic E-state index is 0. The average Bonchev–Trinajstić information content (AvgIpc) is 3.10. The van der Waals surface area contributed by atoms with Crippen LogP contribution in [0.1, 0.15) is 0 Å². The fourth-order valence-corrected chi connectivity index (χ4v) is 1.03. The number of hydrogen-bond acceptors (Lipinski definition) is 0. The second kappa shape index (κ2) is 31.5. The van der Waals surface area contributed by atoms with E-state index in [9.17, 15) is 0 Å². The normalized spacial score (nSPS) is 5.82. The van der Waals surface area contributed by atoms with Crippen LogP contribution in [0, 0.1) is 0 Å². The molecule has 0 heterocycles. The number of rotatable bonds is 0. The van der Waals surface area contributed by atoms with Gasteiger partial charge in [0.15, 0.2) is 0 Å². The van der Waals surface area contributed by atoms with Crippen LogP contribution in [0.4, 0.5) is 23.5 Å². The molecule has 134 valence electrons. The van der Waals surface area contributed by atoms with Crippen LogP contribution in [-0.2, 0) is 17.1 Å². The molecule has 0 spiro atoms. The predicted molar refractivity (Wildman–Crippen MR) is 83.0 cm³/mol. The summed E-state index contributed by atoms with van der Waals surface area (Å²) in [7, 11) is 0. The molecule has 0 aromatic heterocycles. The second-order valence-corrected chi connectivity index (χ2v) is 3.08. The van der Waals surface area contributed by atoms with Gasteiger partial charge in [0.1, 0.15) is 0 Å². The molecule has 0 aliphatic heterocycles. The summed E-state index contributed by atoms with van der Waals surface area (Å²) < 4.78 is 0. The molecule has 0 aliphatic carbocycles. The molecule has 0 fully saturated rings. The first-order chi connectivity index (χ1) is 8.00. The number of benzene rings is 1. The Balaban J connectivity index is -0.0000000385. The molecule has 0 nitrogen and oxygen atoms in total. The minimum Gasteiger partial charge on any atom is -0.748 e. The van der Waals surface area contributed by atoms with Gasteiger partial charge >= 0.3 is 0 Å². The fourth-order valence-electron chi connectivity index (χ4n) is 1.03. The van der Waals surface area contributed by atoms with Crippen LogP contribution < -0.4 is 0 Å². The second-order valence-electron chi connectivity index (χ2n) is 3.08. The Bertz CT molecular complexity index is 314. The van der Waals surface area contributed by atoms with Crippen molar-refractivity contribution >= 4 is 0 Å². The van der Waals surface area contributed by atoms with Crippen LogP contribution >= 0.6 is 0 Å². The van der Waals surface area contributed by atoms with Crippen LogP contribution in [0.2, 0.25) is 0 Å². The van der Waals surface area contributed by atoms with Gasteiger partial charge in [0.05, 0.1) is 0 Å². The molecule has 22 heavy (non-hydrogen) atoms. The van der Waals surface area contributed by atoms with Crippen molar-refractivity contribution in [3.05, 3.63) is 97.1 Å². The summed E-state index contributed by atoms with van der Waals surface area (Å²) in [6, 6.07) is 32.0. The van der Waals surface area contributed by atoms with Gasteiger partial charge in [-0.25, -0.2) is 12.1 Å². The molecule has 0 saturated carbocycles. The first kappa shape index (κ1) is 36.9. The molecule has 0 N–H and O–H groups in total.